The summed E-state index contributed by atoms with van der Waals surface area (Å²) in [5.74, 6) is 2.31. The number of benzene rings is 4. The van der Waals surface area contributed by atoms with Crippen LogP contribution in [0.5, 0.6) is 0 Å². The molecule has 0 heterocycles. The number of ether oxygens (including phenoxy) is 1. The molecule has 212 valence electrons. The Morgan fingerprint density at radius 3 is 1.41 bits per heavy atom. The minimum absolute atomic E-state index is 0.108. The van der Waals surface area contributed by atoms with Gasteiger partial charge >= 0.3 is 5.97 Å². The topological polar surface area (TPSA) is 26.3 Å². The van der Waals surface area contributed by atoms with E-state index in [-0.39, 0.29) is 5.97 Å². The summed E-state index contributed by atoms with van der Waals surface area (Å²) in [6.07, 6.45) is 5.19. The molecule has 0 aliphatic carbocycles. The van der Waals surface area contributed by atoms with Crippen LogP contribution in [-0.2, 0) is 33.1 Å². The van der Waals surface area contributed by atoms with Gasteiger partial charge in [-0.15, -0.1) is 0 Å². The number of carbonyl (C=O) groups excluding carboxylic acids is 1. The van der Waals surface area contributed by atoms with E-state index in [0.717, 1.165) is 32.1 Å². The second kappa shape index (κ2) is 15.6. The number of rotatable bonds is 14. The van der Waals surface area contributed by atoms with Crippen molar-refractivity contribution in [3.05, 3.63) is 132 Å². The number of esters is 1. The second-order valence-corrected chi connectivity index (χ2v) is 18.8. The van der Waals surface area contributed by atoms with Crippen LogP contribution in [0.1, 0.15) is 45.4 Å². The Morgan fingerprint density at radius 1 is 0.610 bits per heavy atom. The van der Waals surface area contributed by atoms with E-state index < -0.39 is 12.1 Å². The van der Waals surface area contributed by atoms with Crippen LogP contribution in [0.3, 0.4) is 0 Å². The fourth-order valence-electron chi connectivity index (χ4n) is 5.03. The van der Waals surface area contributed by atoms with Gasteiger partial charge in [0.05, 0.1) is 6.61 Å². The molecule has 0 radical (unpaired) electrons. The largest absolute Gasteiger partial charge is 0.466 e. The Bertz CT molecular complexity index is 1420. The van der Waals surface area contributed by atoms with Crippen LogP contribution in [0, 0.1) is 0 Å². The molecule has 0 aliphatic rings. The Kier molecular flexibility index (Phi) is 11.9. The molecule has 4 aromatic carbocycles. The highest BCUT2D eigenvalue weighted by atomic mass is 32.4. The summed E-state index contributed by atoms with van der Waals surface area (Å²) >= 11 is 13.6. The van der Waals surface area contributed by atoms with Crippen LogP contribution < -0.4 is 21.2 Å². The Hall–Kier alpha value is -2.61. The number of hydrogen-bond donors (Lipinski definition) is 0. The SMILES string of the molecule is CCOC(=O)CCCCCC/C(=C\P(=S)(c1ccccc1)c1ccccc1)P(=S)(c1ccccc1)c1ccccc1. The van der Waals surface area contributed by atoms with Crippen LogP contribution in [0.4, 0.5) is 0 Å². The van der Waals surface area contributed by atoms with E-state index >= 15 is 0 Å². The van der Waals surface area contributed by atoms with Crippen LogP contribution in [0.15, 0.2) is 132 Å². The molecule has 0 aliphatic heterocycles. The lowest BCUT2D eigenvalue weighted by atomic mass is 10.1. The summed E-state index contributed by atoms with van der Waals surface area (Å²) in [6.45, 7) is 2.29. The average Bonchev–Trinajstić information content (AvgIpc) is 3.03. The first-order chi connectivity index (χ1) is 20.0. The molecule has 0 fully saturated rings. The molecule has 0 spiro atoms. The lowest BCUT2D eigenvalue weighted by molar-refractivity contribution is -0.143. The van der Waals surface area contributed by atoms with Crippen molar-refractivity contribution in [2.75, 3.05) is 6.61 Å². The van der Waals surface area contributed by atoms with Crippen molar-refractivity contribution in [3.63, 3.8) is 0 Å². The number of allylic oxidation sites excluding steroid dienone is 1. The standard InChI is InChI=1S/C35H38O2P2S2/c1-2-37-35(36)28-18-4-3-9-27-34(39(41,32-23-14-7-15-24-32)33-25-16-8-17-26-33)29-38(40,30-19-10-5-11-20-30)31-21-12-6-13-22-31/h5-8,10-17,19-26,29H,2-4,9,18,27-28H2,1H3/b34-29+. The summed E-state index contributed by atoms with van der Waals surface area (Å²) in [7, 11) is 0. The van der Waals surface area contributed by atoms with E-state index in [1.807, 2.05) is 19.1 Å². The fraction of sp³-hybridized carbons (Fsp3) is 0.229. The van der Waals surface area contributed by atoms with Gasteiger partial charge in [0.15, 0.2) is 0 Å². The van der Waals surface area contributed by atoms with Gasteiger partial charge in [0, 0.05) is 18.5 Å². The van der Waals surface area contributed by atoms with Crippen molar-refractivity contribution in [1.82, 2.24) is 0 Å². The summed E-state index contributed by atoms with van der Waals surface area (Å²) < 4.78 is 5.10. The van der Waals surface area contributed by atoms with Gasteiger partial charge < -0.3 is 4.74 Å². The summed E-state index contributed by atoms with van der Waals surface area (Å²) in [5.41, 5.74) is 0. The Balaban J connectivity index is 1.80. The van der Waals surface area contributed by atoms with Gasteiger partial charge in [-0.2, -0.15) is 0 Å². The minimum Gasteiger partial charge on any atom is -0.466 e. The van der Waals surface area contributed by atoms with E-state index in [4.69, 9.17) is 28.4 Å². The zero-order valence-electron chi connectivity index (χ0n) is 23.6. The molecule has 0 unspecified atom stereocenters. The van der Waals surface area contributed by atoms with Gasteiger partial charge in [-0.05, 0) is 58.5 Å². The quantitative estimate of drug-likeness (QED) is 0.0815. The van der Waals surface area contributed by atoms with Gasteiger partial charge in [0.25, 0.3) is 0 Å². The molecule has 0 N–H and O–H groups in total. The van der Waals surface area contributed by atoms with Crippen molar-refractivity contribution in [2.24, 2.45) is 0 Å². The van der Waals surface area contributed by atoms with Crippen LogP contribution in [0.25, 0.3) is 0 Å². The predicted molar refractivity (Wildman–Crippen MR) is 185 cm³/mol. The Labute approximate surface area is 255 Å². The first kappa shape index (κ1) is 31.3. The second-order valence-electron chi connectivity index (χ2n) is 9.95. The summed E-state index contributed by atoms with van der Waals surface area (Å²) in [5, 5.41) is 6.02. The van der Waals surface area contributed by atoms with Gasteiger partial charge in [0.2, 0.25) is 0 Å². The van der Waals surface area contributed by atoms with Crippen LogP contribution >= 0.6 is 12.1 Å². The monoisotopic (exact) mass is 616 g/mol. The molecule has 2 nitrogen and oxygen atoms in total. The van der Waals surface area contributed by atoms with Crippen molar-refractivity contribution in [3.8, 4) is 0 Å². The maximum atomic E-state index is 11.8. The molecule has 0 saturated carbocycles. The highest BCUT2D eigenvalue weighted by Gasteiger charge is 2.30. The molecule has 6 heteroatoms. The molecule has 4 rings (SSSR count). The lowest BCUT2D eigenvalue weighted by Gasteiger charge is -2.30. The first-order valence-electron chi connectivity index (χ1n) is 14.3. The third kappa shape index (κ3) is 8.02. The first-order valence-corrected chi connectivity index (χ1v) is 20.0. The molecule has 0 amide bonds. The third-order valence-electron chi connectivity index (χ3n) is 7.12. The number of carbonyl (C=O) groups is 1. The van der Waals surface area contributed by atoms with Gasteiger partial charge in [-0.3, -0.25) is 4.79 Å². The highest BCUT2D eigenvalue weighted by molar-refractivity contribution is 8.25. The predicted octanol–water partition coefficient (Wildman–Crippen LogP) is 7.99. The zero-order chi connectivity index (χ0) is 29.0. The molecule has 0 saturated heterocycles. The smallest absolute Gasteiger partial charge is 0.305 e. The van der Waals surface area contributed by atoms with Crippen LogP contribution in [-0.4, -0.2) is 12.6 Å². The molecule has 0 aromatic heterocycles. The highest BCUT2D eigenvalue weighted by Crippen LogP contribution is 2.59. The molecule has 0 atom stereocenters. The van der Waals surface area contributed by atoms with Crippen molar-refractivity contribution in [1.29, 1.82) is 0 Å². The van der Waals surface area contributed by atoms with Crippen LogP contribution in [0.2, 0.25) is 0 Å². The molecular formula is C35H38O2P2S2. The molecule has 0 bridgehead atoms. The summed E-state index contributed by atoms with van der Waals surface area (Å²) in [6, 6.07) is 37.7. The van der Waals surface area contributed by atoms with E-state index in [1.54, 1.807) is 0 Å². The van der Waals surface area contributed by atoms with E-state index in [0.29, 0.717) is 13.0 Å². The average molecular weight is 617 g/mol. The maximum absolute atomic E-state index is 11.8. The van der Waals surface area contributed by atoms with E-state index in [2.05, 4.69) is 115 Å². The van der Waals surface area contributed by atoms with E-state index in [1.165, 1.54) is 26.5 Å². The normalized spacial score (nSPS) is 12.2. The van der Waals surface area contributed by atoms with Gasteiger partial charge in [-0.1, -0.05) is 158 Å². The van der Waals surface area contributed by atoms with Crippen molar-refractivity contribution < 1.29 is 9.53 Å². The number of hydrogen-bond acceptors (Lipinski definition) is 4. The summed E-state index contributed by atoms with van der Waals surface area (Å²) in [4.78, 5) is 11.8. The third-order valence-corrected chi connectivity index (χ3v) is 16.9. The minimum atomic E-state index is -2.37. The van der Waals surface area contributed by atoms with Crippen molar-refractivity contribution in [2.45, 2.75) is 45.4 Å². The van der Waals surface area contributed by atoms with Gasteiger partial charge in [-0.25, -0.2) is 0 Å². The molecular weight excluding hydrogens is 578 g/mol. The molecule has 41 heavy (non-hydrogen) atoms. The molecule has 4 aromatic rings. The van der Waals surface area contributed by atoms with Crippen molar-refractivity contribution >= 4 is 62.9 Å². The lowest BCUT2D eigenvalue weighted by Crippen LogP contribution is -2.19. The maximum Gasteiger partial charge on any atom is 0.305 e. The number of unbranched alkanes of at least 4 members (excludes halogenated alkanes) is 3. The van der Waals surface area contributed by atoms with Gasteiger partial charge in [0.1, 0.15) is 0 Å². The fourth-order valence-corrected chi connectivity index (χ4v) is 14.0. The zero-order valence-corrected chi connectivity index (χ0v) is 27.0. The van der Waals surface area contributed by atoms with E-state index in [9.17, 15) is 4.79 Å². The Morgan fingerprint density at radius 2 is 1.00 bits per heavy atom.